The molecule has 0 saturated heterocycles. The predicted octanol–water partition coefficient (Wildman–Crippen LogP) is -0.669. The highest BCUT2D eigenvalue weighted by atomic mass is 16.4. The van der Waals surface area contributed by atoms with Crippen molar-refractivity contribution in [3.63, 3.8) is 0 Å². The van der Waals surface area contributed by atoms with E-state index in [1.165, 1.54) is 0 Å². The molecule has 0 spiro atoms. The van der Waals surface area contributed by atoms with Gasteiger partial charge in [0, 0.05) is 0 Å². The van der Waals surface area contributed by atoms with E-state index in [1.807, 2.05) is 5.32 Å². The lowest BCUT2D eigenvalue weighted by atomic mass is 10.1. The van der Waals surface area contributed by atoms with Crippen LogP contribution in [-0.2, 0) is 0 Å². The van der Waals surface area contributed by atoms with E-state index in [9.17, 15) is 9.90 Å². The zero-order valence-corrected chi connectivity index (χ0v) is 5.39. The monoisotopic (exact) mass is 126 g/mol. The molecule has 0 unspecified atom stereocenters. The zero-order valence-electron chi connectivity index (χ0n) is 5.39. The summed E-state index contributed by atoms with van der Waals surface area (Å²) in [6.45, 7) is 3.14. The second kappa shape index (κ2) is 2.40. The molecule has 0 aromatic carbocycles. The van der Waals surface area contributed by atoms with E-state index in [2.05, 4.69) is 5.92 Å². The van der Waals surface area contributed by atoms with Crippen LogP contribution >= 0.6 is 0 Å². The first-order chi connectivity index (χ1) is 3.98. The third-order valence-electron chi connectivity index (χ3n) is 0.775. The molecule has 0 bridgehead atoms. The number of carbonyl (C=O) groups is 1. The molecule has 0 heterocycles. The van der Waals surface area contributed by atoms with Crippen molar-refractivity contribution in [3.8, 4) is 12.3 Å². The Bertz CT molecular complexity index is 155. The number of terminal acetylenes is 1. The average Bonchev–Trinajstić information content (AvgIpc) is 1.63. The summed E-state index contributed by atoms with van der Waals surface area (Å²) in [5.74, 6) is 2.24. The van der Waals surface area contributed by atoms with Crippen molar-refractivity contribution in [2.75, 3.05) is 0 Å². The van der Waals surface area contributed by atoms with Gasteiger partial charge in [-0.15, -0.1) is 6.42 Å². The molecule has 3 heteroatoms. The molecule has 0 aromatic rings. The fraction of sp³-hybridized carbons (Fsp3) is 0.500. The van der Waals surface area contributed by atoms with Crippen LogP contribution in [0.3, 0.4) is 0 Å². The normalized spacial score (nSPS) is 9.89. The summed E-state index contributed by atoms with van der Waals surface area (Å²) in [6.07, 6.45) is 3.60. The highest BCUT2D eigenvalue weighted by molar-refractivity contribution is 5.63. The van der Waals surface area contributed by atoms with Gasteiger partial charge in [0.05, 0.1) is 5.54 Å². The summed E-state index contributed by atoms with van der Waals surface area (Å²) in [6, 6.07) is 0. The summed E-state index contributed by atoms with van der Waals surface area (Å²) in [5, 5.41) is 11.9. The smallest absolute Gasteiger partial charge is 0.135 e. The van der Waals surface area contributed by atoms with Crippen molar-refractivity contribution in [2.45, 2.75) is 19.4 Å². The zero-order chi connectivity index (χ0) is 7.49. The fourth-order valence-corrected chi connectivity index (χ4v) is 0.291. The summed E-state index contributed by atoms with van der Waals surface area (Å²) < 4.78 is 0. The van der Waals surface area contributed by atoms with Gasteiger partial charge in [0.15, 0.2) is 0 Å². The first-order valence-electron chi connectivity index (χ1n) is 2.45. The Hall–Kier alpha value is -1.17. The summed E-state index contributed by atoms with van der Waals surface area (Å²) in [4.78, 5) is 9.86. The highest BCUT2D eigenvalue weighted by Gasteiger charge is 2.10. The van der Waals surface area contributed by atoms with Gasteiger partial charge in [0.2, 0.25) is 0 Å². The lowest BCUT2D eigenvalue weighted by molar-refractivity contribution is -0.252. The van der Waals surface area contributed by atoms with Crippen molar-refractivity contribution in [1.82, 2.24) is 5.32 Å². The number of carbonyl (C=O) groups excluding carboxylic acids is 1. The van der Waals surface area contributed by atoms with E-state index in [4.69, 9.17) is 6.42 Å². The Morgan fingerprint density at radius 2 is 2.22 bits per heavy atom. The minimum Gasteiger partial charge on any atom is -0.530 e. The molecule has 9 heavy (non-hydrogen) atoms. The van der Waals surface area contributed by atoms with Crippen LogP contribution in [0.15, 0.2) is 0 Å². The molecule has 0 aromatic heterocycles. The molecule has 0 saturated carbocycles. The first-order valence-corrected chi connectivity index (χ1v) is 2.45. The van der Waals surface area contributed by atoms with Crippen LogP contribution in [0.2, 0.25) is 0 Å². The van der Waals surface area contributed by atoms with Gasteiger partial charge in [0.1, 0.15) is 6.09 Å². The molecule has 0 radical (unpaired) electrons. The molecule has 1 N–H and O–H groups in total. The number of rotatable bonds is 1. The van der Waals surface area contributed by atoms with Crippen molar-refractivity contribution >= 4 is 6.09 Å². The predicted molar refractivity (Wildman–Crippen MR) is 31.4 cm³/mol. The van der Waals surface area contributed by atoms with Crippen molar-refractivity contribution in [3.05, 3.63) is 0 Å². The SMILES string of the molecule is C#CC(C)(C)NC(=O)[O-]. The van der Waals surface area contributed by atoms with E-state index in [0.29, 0.717) is 0 Å². The van der Waals surface area contributed by atoms with Crippen LogP contribution in [-0.4, -0.2) is 11.6 Å². The average molecular weight is 126 g/mol. The quantitative estimate of drug-likeness (QED) is 0.474. The Morgan fingerprint density at radius 1 is 1.78 bits per heavy atom. The third-order valence-corrected chi connectivity index (χ3v) is 0.775. The van der Waals surface area contributed by atoms with E-state index in [-0.39, 0.29) is 0 Å². The van der Waals surface area contributed by atoms with Crippen molar-refractivity contribution in [2.24, 2.45) is 0 Å². The number of hydrogen-bond donors (Lipinski definition) is 1. The van der Waals surface area contributed by atoms with E-state index in [0.717, 1.165) is 0 Å². The Balaban J connectivity index is 3.91. The summed E-state index contributed by atoms with van der Waals surface area (Å²) in [7, 11) is 0. The maximum absolute atomic E-state index is 9.86. The van der Waals surface area contributed by atoms with Crippen molar-refractivity contribution in [1.29, 1.82) is 0 Å². The fourth-order valence-electron chi connectivity index (χ4n) is 0.291. The van der Waals surface area contributed by atoms with Crippen LogP contribution < -0.4 is 10.4 Å². The topological polar surface area (TPSA) is 52.2 Å². The van der Waals surface area contributed by atoms with Gasteiger partial charge in [-0.2, -0.15) is 0 Å². The second-order valence-electron chi connectivity index (χ2n) is 2.18. The summed E-state index contributed by atoms with van der Waals surface area (Å²) >= 11 is 0. The Morgan fingerprint density at radius 3 is 2.33 bits per heavy atom. The lowest BCUT2D eigenvalue weighted by Crippen LogP contribution is -2.48. The molecule has 0 fully saturated rings. The van der Waals surface area contributed by atoms with Crippen LogP contribution in [0.25, 0.3) is 0 Å². The molecule has 3 nitrogen and oxygen atoms in total. The largest absolute Gasteiger partial charge is 0.530 e. The van der Waals surface area contributed by atoms with Gasteiger partial charge in [-0.25, -0.2) is 0 Å². The molecule has 0 aliphatic rings. The number of hydrogen-bond acceptors (Lipinski definition) is 2. The van der Waals surface area contributed by atoms with Gasteiger partial charge in [-0.3, -0.25) is 0 Å². The number of carboxylic acid groups (broad SMARTS) is 1. The van der Waals surface area contributed by atoms with Crippen LogP contribution in [0.1, 0.15) is 13.8 Å². The molecular weight excluding hydrogens is 118 g/mol. The third kappa shape index (κ3) is 3.42. The Kier molecular flexibility index (Phi) is 2.09. The lowest BCUT2D eigenvalue weighted by Gasteiger charge is -2.20. The van der Waals surface area contributed by atoms with Gasteiger partial charge >= 0.3 is 0 Å². The first kappa shape index (κ1) is 7.83. The maximum atomic E-state index is 9.86. The molecule has 0 aliphatic heterocycles. The highest BCUT2D eigenvalue weighted by Crippen LogP contribution is 1.96. The van der Waals surface area contributed by atoms with Crippen LogP contribution in [0.5, 0.6) is 0 Å². The Labute approximate surface area is 54.1 Å². The van der Waals surface area contributed by atoms with Gasteiger partial charge in [-0.05, 0) is 13.8 Å². The van der Waals surface area contributed by atoms with E-state index in [1.54, 1.807) is 13.8 Å². The molecule has 50 valence electrons. The van der Waals surface area contributed by atoms with Gasteiger partial charge in [-0.1, -0.05) is 5.92 Å². The van der Waals surface area contributed by atoms with E-state index >= 15 is 0 Å². The van der Waals surface area contributed by atoms with E-state index < -0.39 is 11.6 Å². The van der Waals surface area contributed by atoms with Crippen molar-refractivity contribution < 1.29 is 9.90 Å². The van der Waals surface area contributed by atoms with Gasteiger partial charge < -0.3 is 15.2 Å². The maximum Gasteiger partial charge on any atom is 0.135 e. The van der Waals surface area contributed by atoms with Crippen LogP contribution in [0, 0.1) is 12.3 Å². The second-order valence-corrected chi connectivity index (χ2v) is 2.18. The minimum absolute atomic E-state index is 0.821. The van der Waals surface area contributed by atoms with Crippen LogP contribution in [0.4, 0.5) is 4.79 Å². The number of nitrogens with one attached hydrogen (secondary N) is 1. The molecular formula is C6H8NO2-. The molecule has 1 amide bonds. The van der Waals surface area contributed by atoms with Gasteiger partial charge in [0.25, 0.3) is 0 Å². The molecule has 0 atom stereocenters. The minimum atomic E-state index is -1.35. The standard InChI is InChI=1S/C6H9NO2/c1-4-6(2,3)7-5(8)9/h1,7H,2-3H3,(H,8,9)/p-1. The molecule has 0 rings (SSSR count). The number of amides is 1. The molecule has 0 aliphatic carbocycles. The summed E-state index contributed by atoms with van der Waals surface area (Å²) in [5.41, 5.74) is -0.821.